The predicted octanol–water partition coefficient (Wildman–Crippen LogP) is 3.67. The number of hydrogen-bond acceptors (Lipinski definition) is 3. The predicted molar refractivity (Wildman–Crippen MR) is 85.2 cm³/mol. The van der Waals surface area contributed by atoms with E-state index in [4.69, 9.17) is 4.42 Å². The van der Waals surface area contributed by atoms with Gasteiger partial charge in [0.1, 0.15) is 5.76 Å². The first kappa shape index (κ1) is 14.4. The van der Waals surface area contributed by atoms with Gasteiger partial charge < -0.3 is 9.84 Å². The lowest BCUT2D eigenvalue weighted by molar-refractivity contribution is 0.0936. The lowest BCUT2D eigenvalue weighted by atomic mass is 9.87. The van der Waals surface area contributed by atoms with Crippen molar-refractivity contribution in [1.82, 2.24) is 10.9 Å². The number of hydrazine groups is 1. The summed E-state index contributed by atoms with van der Waals surface area (Å²) >= 11 is 0. The third-order valence-corrected chi connectivity index (χ3v) is 4.12. The van der Waals surface area contributed by atoms with Crippen molar-refractivity contribution < 1.29 is 9.21 Å². The van der Waals surface area contributed by atoms with Gasteiger partial charge in [0.25, 0.3) is 5.91 Å². The molecule has 0 saturated heterocycles. The minimum atomic E-state index is -0.169. The number of carbonyl (C=O) groups excluding carboxylic acids is 1. The summed E-state index contributed by atoms with van der Waals surface area (Å²) in [4.78, 5) is 12.0. The van der Waals surface area contributed by atoms with Gasteiger partial charge in [-0.15, -0.1) is 0 Å². The van der Waals surface area contributed by atoms with Gasteiger partial charge in [0.05, 0.1) is 11.8 Å². The Hall–Kier alpha value is -2.49. The summed E-state index contributed by atoms with van der Waals surface area (Å²) in [5.41, 5.74) is 8.78. The number of aryl methyl sites for hydroxylation is 1. The fourth-order valence-electron chi connectivity index (χ4n) is 2.80. The Morgan fingerprint density at radius 1 is 1.23 bits per heavy atom. The van der Waals surface area contributed by atoms with Crippen LogP contribution < -0.4 is 10.9 Å². The zero-order chi connectivity index (χ0) is 15.4. The molecule has 2 aromatic rings. The van der Waals surface area contributed by atoms with E-state index < -0.39 is 0 Å². The van der Waals surface area contributed by atoms with Crippen molar-refractivity contribution in [2.24, 2.45) is 0 Å². The van der Waals surface area contributed by atoms with E-state index in [0.717, 1.165) is 25.0 Å². The highest BCUT2D eigenvalue weighted by Crippen LogP contribution is 2.30. The fraction of sp³-hybridized carbons (Fsp3) is 0.278. The molecule has 0 fully saturated rings. The molecule has 114 valence electrons. The monoisotopic (exact) mass is 296 g/mol. The van der Waals surface area contributed by atoms with Crippen LogP contribution >= 0.6 is 0 Å². The number of hydrogen-bond donors (Lipinski definition) is 2. The van der Waals surface area contributed by atoms with E-state index in [1.807, 2.05) is 6.07 Å². The molecular weight excluding hydrogens is 276 g/mol. The van der Waals surface area contributed by atoms with E-state index in [-0.39, 0.29) is 5.91 Å². The number of allylic oxidation sites excluding steroid dienone is 2. The number of nitrogens with one attached hydrogen (secondary N) is 2. The van der Waals surface area contributed by atoms with Crippen LogP contribution in [-0.2, 0) is 0 Å². The number of amides is 1. The average molecular weight is 296 g/mol. The van der Waals surface area contributed by atoms with Crippen molar-refractivity contribution in [3.8, 4) is 0 Å². The average Bonchev–Trinajstić information content (AvgIpc) is 3.00. The zero-order valence-corrected chi connectivity index (χ0v) is 12.6. The molecule has 4 nitrogen and oxygen atoms in total. The molecule has 1 aromatic heterocycles. The molecule has 1 aliphatic rings. The van der Waals surface area contributed by atoms with E-state index in [1.54, 1.807) is 13.0 Å². The molecule has 0 saturated carbocycles. The molecule has 3 rings (SSSR count). The number of rotatable bonds is 4. The maximum absolute atomic E-state index is 12.0. The SMILES string of the molecule is Cc1occc1C(=O)NNC1=CC[C@H](c2ccccc2)CC1. The molecular formula is C18H20N2O2. The van der Waals surface area contributed by atoms with Crippen LogP contribution in [0.1, 0.15) is 46.9 Å². The van der Waals surface area contributed by atoms with Gasteiger partial charge in [0, 0.05) is 5.70 Å². The zero-order valence-electron chi connectivity index (χ0n) is 12.6. The summed E-state index contributed by atoms with van der Waals surface area (Å²) in [5.74, 6) is 1.02. The summed E-state index contributed by atoms with van der Waals surface area (Å²) < 4.78 is 5.14. The minimum Gasteiger partial charge on any atom is -0.469 e. The third-order valence-electron chi connectivity index (χ3n) is 4.12. The van der Waals surface area contributed by atoms with E-state index in [0.29, 0.717) is 17.2 Å². The number of furan rings is 1. The second-order valence-electron chi connectivity index (χ2n) is 5.58. The second kappa shape index (κ2) is 6.52. The van der Waals surface area contributed by atoms with Crippen LogP contribution in [0.3, 0.4) is 0 Å². The highest BCUT2D eigenvalue weighted by molar-refractivity contribution is 5.94. The first-order valence-electron chi connectivity index (χ1n) is 7.58. The smallest absolute Gasteiger partial charge is 0.273 e. The molecule has 0 aliphatic heterocycles. The van der Waals surface area contributed by atoms with E-state index >= 15 is 0 Å². The van der Waals surface area contributed by atoms with Crippen LogP contribution in [0.4, 0.5) is 0 Å². The second-order valence-corrected chi connectivity index (χ2v) is 5.58. The summed E-state index contributed by atoms with van der Waals surface area (Å²) in [6.45, 7) is 1.78. The lowest BCUT2D eigenvalue weighted by Gasteiger charge is -2.23. The summed E-state index contributed by atoms with van der Waals surface area (Å²) in [5, 5.41) is 0. The molecule has 0 radical (unpaired) electrons. The molecule has 0 spiro atoms. The molecule has 1 heterocycles. The molecule has 2 N–H and O–H groups in total. The van der Waals surface area contributed by atoms with E-state index in [1.165, 1.54) is 11.8 Å². The molecule has 22 heavy (non-hydrogen) atoms. The normalized spacial score (nSPS) is 17.7. The van der Waals surface area contributed by atoms with Gasteiger partial charge in [-0.05, 0) is 43.7 Å². The van der Waals surface area contributed by atoms with Gasteiger partial charge in [-0.25, -0.2) is 0 Å². The van der Waals surface area contributed by atoms with Gasteiger partial charge in [0.15, 0.2) is 0 Å². The highest BCUT2D eigenvalue weighted by Gasteiger charge is 2.17. The summed E-state index contributed by atoms with van der Waals surface area (Å²) in [6.07, 6.45) is 6.71. The quantitative estimate of drug-likeness (QED) is 0.846. The Morgan fingerprint density at radius 3 is 2.68 bits per heavy atom. The molecule has 1 atom stereocenters. The molecule has 0 unspecified atom stereocenters. The Morgan fingerprint density at radius 2 is 2.05 bits per heavy atom. The molecule has 1 aromatic carbocycles. The van der Waals surface area contributed by atoms with Gasteiger partial charge >= 0.3 is 0 Å². The largest absolute Gasteiger partial charge is 0.469 e. The topological polar surface area (TPSA) is 54.3 Å². The van der Waals surface area contributed by atoms with Gasteiger partial charge in [0.2, 0.25) is 0 Å². The first-order chi connectivity index (χ1) is 10.7. The highest BCUT2D eigenvalue weighted by atomic mass is 16.3. The lowest BCUT2D eigenvalue weighted by Crippen LogP contribution is -2.37. The molecule has 1 amide bonds. The van der Waals surface area contributed by atoms with E-state index in [2.05, 4.69) is 41.2 Å². The Bertz CT molecular complexity index is 673. The van der Waals surface area contributed by atoms with Crippen molar-refractivity contribution in [3.63, 3.8) is 0 Å². The summed E-state index contributed by atoms with van der Waals surface area (Å²) in [6, 6.07) is 12.2. The van der Waals surface area contributed by atoms with Gasteiger partial charge in [-0.1, -0.05) is 36.4 Å². The number of benzene rings is 1. The Balaban J connectivity index is 1.54. The van der Waals surface area contributed by atoms with Gasteiger partial charge in [-0.2, -0.15) is 0 Å². The van der Waals surface area contributed by atoms with Crippen molar-refractivity contribution in [2.75, 3.05) is 0 Å². The van der Waals surface area contributed by atoms with Crippen LogP contribution in [0.5, 0.6) is 0 Å². The molecule has 4 heteroatoms. The van der Waals surface area contributed by atoms with Crippen LogP contribution in [0.2, 0.25) is 0 Å². The van der Waals surface area contributed by atoms with Crippen molar-refractivity contribution >= 4 is 5.91 Å². The summed E-state index contributed by atoms with van der Waals surface area (Å²) in [7, 11) is 0. The van der Waals surface area contributed by atoms with Crippen LogP contribution in [0.15, 0.2) is 58.9 Å². The standard InChI is InChI=1S/C18H20N2O2/c1-13-17(11-12-22-13)18(21)20-19-16-9-7-15(8-10-16)14-5-3-2-4-6-14/h2-6,9,11-12,15,19H,7-8,10H2,1H3,(H,20,21)/t15-/m0/s1. The number of carbonyl (C=O) groups is 1. The maximum Gasteiger partial charge on any atom is 0.273 e. The van der Waals surface area contributed by atoms with E-state index in [9.17, 15) is 4.79 Å². The van der Waals surface area contributed by atoms with Gasteiger partial charge in [-0.3, -0.25) is 10.2 Å². The molecule has 1 aliphatic carbocycles. The van der Waals surface area contributed by atoms with Crippen molar-refractivity contribution in [2.45, 2.75) is 32.1 Å². The fourth-order valence-corrected chi connectivity index (χ4v) is 2.80. The van der Waals surface area contributed by atoms with Crippen LogP contribution in [0.25, 0.3) is 0 Å². The van der Waals surface area contributed by atoms with Crippen molar-refractivity contribution in [3.05, 3.63) is 71.3 Å². The Labute approximate surface area is 130 Å². The Kier molecular flexibility index (Phi) is 4.28. The minimum absolute atomic E-state index is 0.169. The van der Waals surface area contributed by atoms with Crippen LogP contribution in [-0.4, -0.2) is 5.91 Å². The van der Waals surface area contributed by atoms with Crippen molar-refractivity contribution in [1.29, 1.82) is 0 Å². The van der Waals surface area contributed by atoms with Crippen LogP contribution in [0, 0.1) is 6.92 Å². The molecule has 0 bridgehead atoms. The third kappa shape index (κ3) is 3.22. The maximum atomic E-state index is 12.0. The first-order valence-corrected chi connectivity index (χ1v) is 7.58.